The molecule has 1 aliphatic carbocycles. The van der Waals surface area contributed by atoms with Crippen LogP contribution in [0.5, 0.6) is 0 Å². The topological polar surface area (TPSA) is 32.3 Å². The van der Waals surface area contributed by atoms with Crippen LogP contribution < -0.4 is 10.2 Å². The Morgan fingerprint density at radius 2 is 1.70 bits per heavy atom. The second kappa shape index (κ2) is 6.59. The highest BCUT2D eigenvalue weighted by molar-refractivity contribution is 6.07. The third-order valence-corrected chi connectivity index (χ3v) is 5.50. The van der Waals surface area contributed by atoms with Gasteiger partial charge in [-0.15, -0.1) is 0 Å². The van der Waals surface area contributed by atoms with Crippen LogP contribution in [-0.2, 0) is 11.2 Å². The Hall–Kier alpha value is -2.50. The summed E-state index contributed by atoms with van der Waals surface area (Å²) >= 11 is 0. The smallest absolute Gasteiger partial charge is 0.348 e. The number of hydrogen-bond acceptors (Lipinski definition) is 2. The van der Waals surface area contributed by atoms with Gasteiger partial charge in [-0.05, 0) is 49.3 Å². The molecule has 0 saturated heterocycles. The van der Waals surface area contributed by atoms with Crippen LogP contribution in [0.4, 0.5) is 24.5 Å². The van der Waals surface area contributed by atoms with Gasteiger partial charge in [-0.25, -0.2) is 0 Å². The summed E-state index contributed by atoms with van der Waals surface area (Å²) in [6.07, 6.45) is -3.00. The molecule has 1 N–H and O–H groups in total. The fourth-order valence-corrected chi connectivity index (χ4v) is 3.82. The maximum atomic E-state index is 14.5. The largest absolute Gasteiger partial charge is 0.420 e. The number of halogens is 3. The van der Waals surface area contributed by atoms with E-state index in [1.165, 1.54) is 4.90 Å². The number of aryl methyl sites for hydroxylation is 1. The minimum absolute atomic E-state index is 0.178. The highest BCUT2D eigenvalue weighted by atomic mass is 19.4. The van der Waals surface area contributed by atoms with Gasteiger partial charge in [0.15, 0.2) is 0 Å². The van der Waals surface area contributed by atoms with Gasteiger partial charge in [0, 0.05) is 6.54 Å². The van der Waals surface area contributed by atoms with Crippen molar-refractivity contribution in [3.8, 4) is 0 Å². The predicted molar refractivity (Wildman–Crippen MR) is 98.7 cm³/mol. The van der Waals surface area contributed by atoms with Gasteiger partial charge in [0.25, 0.3) is 5.91 Å². The van der Waals surface area contributed by atoms with Crippen LogP contribution in [-0.4, -0.2) is 24.2 Å². The summed E-state index contributed by atoms with van der Waals surface area (Å²) < 4.78 is 43.4. The zero-order chi connectivity index (χ0) is 19.1. The van der Waals surface area contributed by atoms with Crippen LogP contribution in [0.2, 0.25) is 0 Å². The zero-order valence-electron chi connectivity index (χ0n) is 14.8. The van der Waals surface area contributed by atoms with E-state index in [1.54, 1.807) is 48.5 Å². The number of carbonyl (C=O) groups excluding carboxylic acids is 1. The molecular weight excluding hydrogens is 353 g/mol. The molecule has 0 radical (unpaired) electrons. The molecule has 27 heavy (non-hydrogen) atoms. The number of nitrogens with one attached hydrogen (secondary N) is 1. The number of alkyl halides is 3. The number of hydrogen-bond donors (Lipinski definition) is 1. The van der Waals surface area contributed by atoms with Gasteiger partial charge in [0.2, 0.25) is 5.54 Å². The lowest BCUT2D eigenvalue weighted by Crippen LogP contribution is -2.68. The van der Waals surface area contributed by atoms with Gasteiger partial charge in [0.05, 0.1) is 11.4 Å². The Labute approximate surface area is 156 Å². The molecule has 4 rings (SSSR count). The fourth-order valence-electron chi connectivity index (χ4n) is 3.82. The Morgan fingerprint density at radius 1 is 1.04 bits per heavy atom. The lowest BCUT2D eigenvalue weighted by Gasteiger charge is -2.48. The number of rotatable bonds is 5. The summed E-state index contributed by atoms with van der Waals surface area (Å²) in [5.74, 6) is -0.771. The first-order valence-electron chi connectivity index (χ1n) is 9.20. The van der Waals surface area contributed by atoms with E-state index in [0.717, 1.165) is 18.4 Å². The summed E-state index contributed by atoms with van der Waals surface area (Å²) in [6, 6.07) is 15.8. The summed E-state index contributed by atoms with van der Waals surface area (Å²) in [7, 11) is 0. The van der Waals surface area contributed by atoms with E-state index in [1.807, 2.05) is 6.07 Å². The van der Waals surface area contributed by atoms with Crippen molar-refractivity contribution in [1.82, 2.24) is 0 Å². The third-order valence-electron chi connectivity index (χ3n) is 5.50. The lowest BCUT2D eigenvalue weighted by molar-refractivity contribution is -0.192. The molecule has 2 aromatic rings. The first-order chi connectivity index (χ1) is 12.9. The summed E-state index contributed by atoms with van der Waals surface area (Å²) in [4.78, 5) is 14.2. The SMILES string of the molecule is O=C1Nc2ccccc2N(CC2CC2)C1(CCc1ccccc1)C(F)(F)F. The maximum absolute atomic E-state index is 14.5. The van der Waals surface area contributed by atoms with Crippen molar-refractivity contribution in [2.45, 2.75) is 37.4 Å². The minimum Gasteiger partial charge on any atom is -0.348 e. The van der Waals surface area contributed by atoms with Crippen molar-refractivity contribution in [3.63, 3.8) is 0 Å². The van der Waals surface area contributed by atoms with E-state index >= 15 is 0 Å². The van der Waals surface area contributed by atoms with Crippen LogP contribution in [0.3, 0.4) is 0 Å². The van der Waals surface area contributed by atoms with E-state index < -0.39 is 17.6 Å². The predicted octanol–water partition coefficient (Wildman–Crippen LogP) is 4.79. The number of nitrogens with zero attached hydrogens (tertiary/aromatic N) is 1. The lowest BCUT2D eigenvalue weighted by atomic mass is 9.84. The number of benzene rings is 2. The summed E-state index contributed by atoms with van der Waals surface area (Å²) in [5.41, 5.74) is -0.865. The van der Waals surface area contributed by atoms with Crippen molar-refractivity contribution in [1.29, 1.82) is 0 Å². The Kier molecular flexibility index (Phi) is 4.36. The van der Waals surface area contributed by atoms with Gasteiger partial charge in [-0.2, -0.15) is 13.2 Å². The molecule has 142 valence electrons. The first-order valence-corrected chi connectivity index (χ1v) is 9.20. The number of anilines is 2. The average molecular weight is 374 g/mol. The normalized spacial score (nSPS) is 22.3. The molecule has 1 heterocycles. The van der Waals surface area contributed by atoms with Crippen LogP contribution >= 0.6 is 0 Å². The van der Waals surface area contributed by atoms with E-state index in [9.17, 15) is 18.0 Å². The monoisotopic (exact) mass is 374 g/mol. The van der Waals surface area contributed by atoms with Gasteiger partial charge >= 0.3 is 6.18 Å². The molecule has 0 bridgehead atoms. The molecule has 2 aliphatic rings. The Balaban J connectivity index is 1.77. The molecule has 1 atom stereocenters. The molecule has 6 heteroatoms. The number of para-hydroxylation sites is 2. The van der Waals surface area contributed by atoms with Crippen LogP contribution in [0, 0.1) is 5.92 Å². The van der Waals surface area contributed by atoms with Crippen LogP contribution in [0.25, 0.3) is 0 Å². The summed E-state index contributed by atoms with van der Waals surface area (Å²) in [6.45, 7) is 0.249. The first kappa shape index (κ1) is 17.9. The maximum Gasteiger partial charge on any atom is 0.420 e. The molecule has 0 spiro atoms. The van der Waals surface area contributed by atoms with E-state index in [-0.39, 0.29) is 25.3 Å². The van der Waals surface area contributed by atoms with Gasteiger partial charge in [0.1, 0.15) is 0 Å². The van der Waals surface area contributed by atoms with Crippen molar-refractivity contribution in [2.75, 3.05) is 16.8 Å². The molecule has 2 aromatic carbocycles. The van der Waals surface area contributed by atoms with E-state index in [2.05, 4.69) is 5.32 Å². The molecule has 1 fully saturated rings. The van der Waals surface area contributed by atoms with Crippen molar-refractivity contribution >= 4 is 17.3 Å². The Morgan fingerprint density at radius 3 is 2.37 bits per heavy atom. The van der Waals surface area contributed by atoms with Crippen molar-refractivity contribution < 1.29 is 18.0 Å². The van der Waals surface area contributed by atoms with Gasteiger partial charge in [-0.1, -0.05) is 42.5 Å². The highest BCUT2D eigenvalue weighted by Gasteiger charge is 2.65. The zero-order valence-corrected chi connectivity index (χ0v) is 14.8. The molecule has 1 unspecified atom stereocenters. The number of carbonyl (C=O) groups is 1. The molecule has 1 saturated carbocycles. The molecular formula is C21H21F3N2O. The average Bonchev–Trinajstić information content (AvgIpc) is 3.45. The molecule has 0 aromatic heterocycles. The third kappa shape index (κ3) is 3.17. The molecule has 1 aliphatic heterocycles. The van der Waals surface area contributed by atoms with Gasteiger partial charge in [-0.3, -0.25) is 4.79 Å². The fraction of sp³-hybridized carbons (Fsp3) is 0.381. The molecule has 1 amide bonds. The van der Waals surface area contributed by atoms with Crippen molar-refractivity contribution in [3.05, 3.63) is 60.2 Å². The highest BCUT2D eigenvalue weighted by Crippen LogP contribution is 2.49. The van der Waals surface area contributed by atoms with E-state index in [0.29, 0.717) is 11.4 Å². The van der Waals surface area contributed by atoms with Crippen LogP contribution in [0.15, 0.2) is 54.6 Å². The van der Waals surface area contributed by atoms with Crippen molar-refractivity contribution in [2.24, 2.45) is 5.92 Å². The summed E-state index contributed by atoms with van der Waals surface area (Å²) in [5, 5.41) is 2.52. The second-order valence-corrected chi connectivity index (χ2v) is 7.37. The van der Waals surface area contributed by atoms with Crippen LogP contribution in [0.1, 0.15) is 24.8 Å². The molecule has 3 nitrogen and oxygen atoms in total. The number of amides is 1. The quantitative estimate of drug-likeness (QED) is 0.816. The second-order valence-electron chi connectivity index (χ2n) is 7.37. The number of fused-ring (bicyclic) bond motifs is 1. The minimum atomic E-state index is -4.69. The van der Waals surface area contributed by atoms with Gasteiger partial charge < -0.3 is 10.2 Å². The Bertz CT molecular complexity index is 833. The standard InChI is InChI=1S/C21H21F3N2O/c22-21(23,24)20(13-12-15-6-2-1-3-7-15)19(27)25-17-8-4-5-9-18(17)26(20)14-16-10-11-16/h1-9,16H,10-14H2,(H,25,27). The van der Waals surface area contributed by atoms with E-state index in [4.69, 9.17) is 0 Å².